The molecule has 2 heterocycles. The van der Waals surface area contributed by atoms with E-state index in [0.29, 0.717) is 0 Å². The monoisotopic (exact) mass is 219 g/mol. The second-order valence-electron chi connectivity index (χ2n) is 3.59. The minimum absolute atomic E-state index is 0.0597. The van der Waals surface area contributed by atoms with Gasteiger partial charge in [0.1, 0.15) is 0 Å². The molecule has 2 rings (SSSR count). The third-order valence-corrected chi connectivity index (χ3v) is 3.30. The molecule has 0 unspecified atom stereocenters. The highest BCUT2D eigenvalue weighted by molar-refractivity contribution is 7.12. The summed E-state index contributed by atoms with van der Waals surface area (Å²) in [5, 5.41) is 1.90. The van der Waals surface area contributed by atoms with Crippen LogP contribution >= 0.6 is 11.3 Å². The molecule has 1 aromatic rings. The Hall–Kier alpha value is -1.27. The molecule has 3 heteroatoms. The quantitative estimate of drug-likeness (QED) is 0.534. The van der Waals surface area contributed by atoms with E-state index in [4.69, 9.17) is 0 Å². The normalized spacial score (nSPS) is 15.6. The van der Waals surface area contributed by atoms with Gasteiger partial charge in [-0.2, -0.15) is 0 Å². The van der Waals surface area contributed by atoms with Gasteiger partial charge in [-0.3, -0.25) is 4.79 Å². The van der Waals surface area contributed by atoms with Crippen LogP contribution in [0.3, 0.4) is 0 Å². The van der Waals surface area contributed by atoms with Crippen molar-refractivity contribution in [1.82, 2.24) is 4.90 Å². The topological polar surface area (TPSA) is 20.3 Å². The van der Waals surface area contributed by atoms with E-state index in [0.717, 1.165) is 18.0 Å². The van der Waals surface area contributed by atoms with Crippen molar-refractivity contribution >= 4 is 17.1 Å². The van der Waals surface area contributed by atoms with Crippen LogP contribution < -0.4 is 0 Å². The smallest absolute Gasteiger partial charge is 0.247 e. The molecule has 0 N–H and O–H groups in total. The standard InChI is InChI=1S/C12H13NOS/c14-11(12-5-4-10-15-12)6-9-13-7-2-1-3-8-13/h4-5,10H,1-3,7-8H2. The highest BCUT2D eigenvalue weighted by atomic mass is 32.1. The molecule has 78 valence electrons. The molecule has 0 spiro atoms. The molecule has 0 radical (unpaired) electrons. The van der Waals surface area contributed by atoms with Gasteiger partial charge < -0.3 is 4.90 Å². The second kappa shape index (κ2) is 4.99. The number of hydrogen-bond acceptors (Lipinski definition) is 3. The summed E-state index contributed by atoms with van der Waals surface area (Å²) in [6.07, 6.45) is 3.68. The van der Waals surface area contributed by atoms with E-state index in [2.05, 4.69) is 16.9 Å². The Morgan fingerprint density at radius 2 is 2.13 bits per heavy atom. The van der Waals surface area contributed by atoms with Gasteiger partial charge in [0.05, 0.1) is 4.88 Å². The van der Waals surface area contributed by atoms with Crippen LogP contribution in [0.4, 0.5) is 0 Å². The van der Waals surface area contributed by atoms with E-state index in [1.807, 2.05) is 17.5 Å². The van der Waals surface area contributed by atoms with Crippen LogP contribution in [-0.2, 0) is 0 Å². The van der Waals surface area contributed by atoms with Gasteiger partial charge in [-0.25, -0.2) is 0 Å². The number of likely N-dealkylation sites (tertiary alicyclic amines) is 1. The minimum atomic E-state index is -0.0597. The Bertz CT molecular complexity index is 379. The summed E-state index contributed by atoms with van der Waals surface area (Å²) in [6, 6.07) is 6.64. The van der Waals surface area contributed by atoms with Gasteiger partial charge in [0, 0.05) is 25.1 Å². The molecular formula is C12H13NOS. The summed E-state index contributed by atoms with van der Waals surface area (Å²) in [5.74, 6) is 2.64. The van der Waals surface area contributed by atoms with Gasteiger partial charge >= 0.3 is 0 Å². The highest BCUT2D eigenvalue weighted by Gasteiger charge is 2.06. The maximum Gasteiger partial charge on any atom is 0.247 e. The molecule has 1 saturated heterocycles. The van der Waals surface area contributed by atoms with Crippen molar-refractivity contribution < 1.29 is 4.79 Å². The Labute approximate surface area is 93.9 Å². The van der Waals surface area contributed by atoms with Gasteiger partial charge in [-0.05, 0) is 30.7 Å². The van der Waals surface area contributed by atoms with Crippen LogP contribution in [0.2, 0.25) is 0 Å². The Morgan fingerprint density at radius 3 is 2.80 bits per heavy atom. The Balaban J connectivity index is 1.96. The van der Waals surface area contributed by atoms with Crippen LogP contribution in [0.15, 0.2) is 17.5 Å². The first-order valence-corrected chi connectivity index (χ1v) is 6.09. The lowest BCUT2D eigenvalue weighted by molar-refractivity contribution is 0.105. The molecule has 0 bridgehead atoms. The molecule has 0 atom stereocenters. The van der Waals surface area contributed by atoms with E-state index in [1.54, 1.807) is 0 Å². The third-order valence-electron chi connectivity index (χ3n) is 2.43. The summed E-state index contributed by atoms with van der Waals surface area (Å²) in [7, 11) is 0. The summed E-state index contributed by atoms with van der Waals surface area (Å²) in [6.45, 7) is 2.01. The third kappa shape index (κ3) is 2.84. The summed E-state index contributed by atoms with van der Waals surface area (Å²) >= 11 is 1.45. The average molecular weight is 219 g/mol. The first kappa shape index (κ1) is 10.3. The van der Waals surface area contributed by atoms with Crippen molar-refractivity contribution in [3.63, 3.8) is 0 Å². The number of Topliss-reactive ketones (excluding diaryl/α,β-unsaturated/α-hetero) is 1. The summed E-state index contributed by atoms with van der Waals surface area (Å²) in [4.78, 5) is 14.3. The van der Waals surface area contributed by atoms with Crippen LogP contribution in [0, 0.1) is 12.0 Å². The zero-order valence-corrected chi connectivity index (χ0v) is 9.35. The predicted octanol–water partition coefficient (Wildman–Crippen LogP) is 2.38. The molecule has 1 aromatic heterocycles. The van der Waals surface area contributed by atoms with Crippen molar-refractivity contribution in [2.24, 2.45) is 0 Å². The molecule has 0 aliphatic carbocycles. The van der Waals surface area contributed by atoms with Gasteiger partial charge in [-0.1, -0.05) is 6.07 Å². The van der Waals surface area contributed by atoms with E-state index < -0.39 is 0 Å². The lowest BCUT2D eigenvalue weighted by Gasteiger charge is -2.21. The number of thiophene rings is 1. The van der Waals surface area contributed by atoms with Crippen LogP contribution in [0.5, 0.6) is 0 Å². The molecule has 0 saturated carbocycles. The largest absolute Gasteiger partial charge is 0.332 e. The van der Waals surface area contributed by atoms with Crippen molar-refractivity contribution in [3.8, 4) is 12.0 Å². The number of carbonyl (C=O) groups is 1. The van der Waals surface area contributed by atoms with E-state index in [9.17, 15) is 4.79 Å². The number of hydrogen-bond donors (Lipinski definition) is 0. The molecule has 0 amide bonds. The summed E-state index contributed by atoms with van der Waals surface area (Å²) < 4.78 is 0. The van der Waals surface area contributed by atoms with Crippen molar-refractivity contribution in [3.05, 3.63) is 22.4 Å². The maximum atomic E-state index is 11.6. The lowest BCUT2D eigenvalue weighted by Crippen LogP contribution is -2.24. The number of ketones is 1. The van der Waals surface area contributed by atoms with Gasteiger partial charge in [0.15, 0.2) is 0 Å². The fraction of sp³-hybridized carbons (Fsp3) is 0.417. The van der Waals surface area contributed by atoms with Gasteiger partial charge in [-0.15, -0.1) is 11.3 Å². The Morgan fingerprint density at radius 1 is 1.33 bits per heavy atom. The van der Waals surface area contributed by atoms with E-state index in [1.165, 1.54) is 30.6 Å². The average Bonchev–Trinajstić information content (AvgIpc) is 2.81. The fourth-order valence-corrected chi connectivity index (χ4v) is 2.22. The predicted molar refractivity (Wildman–Crippen MR) is 61.8 cm³/mol. The fourth-order valence-electron chi connectivity index (χ4n) is 1.60. The molecule has 15 heavy (non-hydrogen) atoms. The first-order chi connectivity index (χ1) is 7.36. The maximum absolute atomic E-state index is 11.6. The summed E-state index contributed by atoms with van der Waals surface area (Å²) in [5.41, 5.74) is 0. The number of nitrogens with zero attached hydrogens (tertiary/aromatic N) is 1. The number of rotatable bonds is 1. The number of carbonyl (C=O) groups excluding carboxylic acids is 1. The van der Waals surface area contributed by atoms with Crippen LogP contribution in [0.1, 0.15) is 28.9 Å². The van der Waals surface area contributed by atoms with Gasteiger partial charge in [0.25, 0.3) is 0 Å². The van der Waals surface area contributed by atoms with Crippen molar-refractivity contribution in [2.75, 3.05) is 13.1 Å². The molecule has 1 aliphatic rings. The van der Waals surface area contributed by atoms with E-state index in [-0.39, 0.29) is 5.78 Å². The molecular weight excluding hydrogens is 206 g/mol. The highest BCUT2D eigenvalue weighted by Crippen LogP contribution is 2.09. The second-order valence-corrected chi connectivity index (χ2v) is 4.54. The molecule has 1 fully saturated rings. The van der Waals surface area contributed by atoms with Crippen molar-refractivity contribution in [2.45, 2.75) is 19.3 Å². The van der Waals surface area contributed by atoms with Gasteiger partial charge in [0.2, 0.25) is 5.78 Å². The molecule has 2 nitrogen and oxygen atoms in total. The molecule has 0 aromatic carbocycles. The first-order valence-electron chi connectivity index (χ1n) is 5.21. The van der Waals surface area contributed by atoms with Crippen LogP contribution in [-0.4, -0.2) is 23.8 Å². The number of piperidine rings is 1. The van der Waals surface area contributed by atoms with Crippen molar-refractivity contribution in [1.29, 1.82) is 0 Å². The zero-order chi connectivity index (χ0) is 10.5. The molecule has 1 aliphatic heterocycles. The SMILES string of the molecule is O=C(C#CN1CCCCC1)c1cccs1. The zero-order valence-electron chi connectivity index (χ0n) is 8.53. The minimum Gasteiger partial charge on any atom is -0.332 e. The van der Waals surface area contributed by atoms with Crippen LogP contribution in [0.25, 0.3) is 0 Å². The lowest BCUT2D eigenvalue weighted by atomic mass is 10.1. The Kier molecular flexibility index (Phi) is 3.41. The van der Waals surface area contributed by atoms with E-state index >= 15 is 0 Å².